The van der Waals surface area contributed by atoms with E-state index in [-0.39, 0.29) is 6.10 Å². The van der Waals surface area contributed by atoms with E-state index >= 15 is 0 Å². The molecule has 1 saturated carbocycles. The van der Waals surface area contributed by atoms with Crippen LogP contribution in [0, 0.1) is 5.92 Å². The molecule has 1 aromatic heterocycles. The fraction of sp³-hybridized carbons (Fsp3) is 0.824. The molecule has 0 bridgehead atoms. The average Bonchev–Trinajstić information content (AvgIpc) is 3.16. The molecule has 1 aliphatic carbocycles. The van der Waals surface area contributed by atoms with Gasteiger partial charge in [-0.25, -0.2) is 0 Å². The minimum absolute atomic E-state index is 0.0937. The lowest BCUT2D eigenvalue weighted by molar-refractivity contribution is 0.0201. The predicted molar refractivity (Wildman–Crippen MR) is 85.5 cm³/mol. The number of aromatic nitrogens is 2. The van der Waals surface area contributed by atoms with Crippen molar-refractivity contribution in [2.75, 3.05) is 20.3 Å². The van der Waals surface area contributed by atoms with Gasteiger partial charge < -0.3 is 9.84 Å². The SMILES string of the molecule is COCCn1cc(CN2CCCC2C2CCCCC2O)cn1. The van der Waals surface area contributed by atoms with E-state index in [1.807, 2.05) is 10.9 Å². The Balaban J connectivity index is 1.59. The van der Waals surface area contributed by atoms with Crippen molar-refractivity contribution < 1.29 is 9.84 Å². The van der Waals surface area contributed by atoms with E-state index in [0.29, 0.717) is 18.6 Å². The first-order valence-electron chi connectivity index (χ1n) is 8.70. The second-order valence-corrected chi connectivity index (χ2v) is 6.80. The van der Waals surface area contributed by atoms with E-state index in [4.69, 9.17) is 4.74 Å². The van der Waals surface area contributed by atoms with Crippen LogP contribution >= 0.6 is 0 Å². The van der Waals surface area contributed by atoms with Gasteiger partial charge in [0.1, 0.15) is 0 Å². The van der Waals surface area contributed by atoms with E-state index in [0.717, 1.165) is 26.1 Å². The highest BCUT2D eigenvalue weighted by atomic mass is 16.5. The van der Waals surface area contributed by atoms with Gasteiger partial charge in [-0.05, 0) is 32.2 Å². The Kier molecular flexibility index (Phi) is 5.50. The molecule has 0 aromatic carbocycles. The third kappa shape index (κ3) is 3.70. The van der Waals surface area contributed by atoms with Crippen molar-refractivity contribution in [3.8, 4) is 0 Å². The predicted octanol–water partition coefficient (Wildman–Crippen LogP) is 2.04. The molecule has 22 heavy (non-hydrogen) atoms. The Labute approximate surface area is 133 Å². The van der Waals surface area contributed by atoms with Crippen LogP contribution in [-0.4, -0.2) is 52.2 Å². The van der Waals surface area contributed by atoms with Crippen LogP contribution in [0.5, 0.6) is 0 Å². The van der Waals surface area contributed by atoms with Gasteiger partial charge in [-0.1, -0.05) is 12.8 Å². The minimum Gasteiger partial charge on any atom is -0.393 e. The molecule has 2 fully saturated rings. The number of likely N-dealkylation sites (tertiary alicyclic amines) is 1. The largest absolute Gasteiger partial charge is 0.393 e. The van der Waals surface area contributed by atoms with Crippen LogP contribution in [0.3, 0.4) is 0 Å². The fourth-order valence-electron chi connectivity index (χ4n) is 4.15. The lowest BCUT2D eigenvalue weighted by Gasteiger charge is -2.37. The molecule has 1 saturated heterocycles. The second-order valence-electron chi connectivity index (χ2n) is 6.80. The summed E-state index contributed by atoms with van der Waals surface area (Å²) in [6, 6.07) is 0.553. The van der Waals surface area contributed by atoms with Crippen molar-refractivity contribution in [2.45, 2.75) is 63.8 Å². The molecule has 5 heteroatoms. The minimum atomic E-state index is -0.0937. The highest BCUT2D eigenvalue weighted by Gasteiger charge is 2.36. The van der Waals surface area contributed by atoms with Crippen molar-refractivity contribution in [2.24, 2.45) is 5.92 Å². The van der Waals surface area contributed by atoms with Crippen molar-refractivity contribution in [1.29, 1.82) is 0 Å². The number of hydrogen-bond acceptors (Lipinski definition) is 4. The number of rotatable bonds is 6. The Bertz CT molecular complexity index is 463. The summed E-state index contributed by atoms with van der Waals surface area (Å²) in [7, 11) is 1.72. The van der Waals surface area contributed by atoms with Gasteiger partial charge in [0.05, 0.1) is 25.5 Å². The second kappa shape index (κ2) is 7.57. The number of methoxy groups -OCH3 is 1. The van der Waals surface area contributed by atoms with Crippen LogP contribution in [0.15, 0.2) is 12.4 Å². The van der Waals surface area contributed by atoms with E-state index in [1.165, 1.54) is 37.7 Å². The van der Waals surface area contributed by atoms with Crippen LogP contribution < -0.4 is 0 Å². The maximum Gasteiger partial charge on any atom is 0.0658 e. The number of aliphatic hydroxyl groups is 1. The molecule has 3 rings (SSSR count). The zero-order valence-electron chi connectivity index (χ0n) is 13.7. The molecule has 2 heterocycles. The monoisotopic (exact) mass is 307 g/mol. The molecule has 1 aromatic rings. The van der Waals surface area contributed by atoms with Gasteiger partial charge in [-0.15, -0.1) is 0 Å². The zero-order valence-corrected chi connectivity index (χ0v) is 13.7. The first kappa shape index (κ1) is 16.0. The summed E-state index contributed by atoms with van der Waals surface area (Å²) in [5.41, 5.74) is 1.27. The number of ether oxygens (including phenoxy) is 1. The van der Waals surface area contributed by atoms with E-state index in [1.54, 1.807) is 7.11 Å². The van der Waals surface area contributed by atoms with Gasteiger partial charge >= 0.3 is 0 Å². The van der Waals surface area contributed by atoms with Crippen molar-refractivity contribution >= 4 is 0 Å². The summed E-state index contributed by atoms with van der Waals surface area (Å²) < 4.78 is 7.06. The van der Waals surface area contributed by atoms with Gasteiger partial charge in [0.25, 0.3) is 0 Å². The van der Waals surface area contributed by atoms with Crippen LogP contribution in [0.1, 0.15) is 44.1 Å². The van der Waals surface area contributed by atoms with E-state index in [2.05, 4.69) is 16.2 Å². The van der Waals surface area contributed by atoms with Gasteiger partial charge in [0.15, 0.2) is 0 Å². The van der Waals surface area contributed by atoms with Gasteiger partial charge in [-0.2, -0.15) is 5.10 Å². The first-order chi connectivity index (χ1) is 10.8. The normalized spacial score (nSPS) is 30.0. The van der Waals surface area contributed by atoms with Crippen LogP contribution in [0.25, 0.3) is 0 Å². The van der Waals surface area contributed by atoms with Crippen LogP contribution in [0.4, 0.5) is 0 Å². The van der Waals surface area contributed by atoms with Crippen molar-refractivity contribution in [3.05, 3.63) is 18.0 Å². The third-order valence-electron chi connectivity index (χ3n) is 5.29. The van der Waals surface area contributed by atoms with Crippen molar-refractivity contribution in [3.63, 3.8) is 0 Å². The molecule has 3 atom stereocenters. The number of hydrogen-bond donors (Lipinski definition) is 1. The van der Waals surface area contributed by atoms with E-state index in [9.17, 15) is 5.11 Å². The average molecular weight is 307 g/mol. The quantitative estimate of drug-likeness (QED) is 0.874. The summed E-state index contributed by atoms with van der Waals surface area (Å²) in [5, 5.41) is 14.8. The molecule has 0 amide bonds. The summed E-state index contributed by atoms with van der Waals surface area (Å²) in [4.78, 5) is 2.57. The summed E-state index contributed by atoms with van der Waals surface area (Å²) in [5.74, 6) is 0.472. The first-order valence-corrected chi connectivity index (χ1v) is 8.70. The lowest BCUT2D eigenvalue weighted by atomic mass is 9.80. The molecule has 1 N–H and O–H groups in total. The third-order valence-corrected chi connectivity index (χ3v) is 5.29. The summed E-state index contributed by atoms with van der Waals surface area (Å²) in [6.07, 6.45) is 11.2. The Morgan fingerprint density at radius 2 is 2.14 bits per heavy atom. The van der Waals surface area contributed by atoms with Gasteiger partial charge in [-0.3, -0.25) is 9.58 Å². The highest BCUT2D eigenvalue weighted by molar-refractivity contribution is 5.05. The molecule has 2 aliphatic rings. The smallest absolute Gasteiger partial charge is 0.0658 e. The molecule has 0 spiro atoms. The van der Waals surface area contributed by atoms with Crippen LogP contribution in [-0.2, 0) is 17.8 Å². The van der Waals surface area contributed by atoms with E-state index < -0.39 is 0 Å². The number of nitrogens with zero attached hydrogens (tertiary/aromatic N) is 3. The molecule has 3 unspecified atom stereocenters. The maximum absolute atomic E-state index is 10.4. The molecule has 124 valence electrons. The zero-order chi connectivity index (χ0) is 15.4. The summed E-state index contributed by atoms with van der Waals surface area (Å²) in [6.45, 7) is 3.61. The van der Waals surface area contributed by atoms with Crippen LogP contribution in [0.2, 0.25) is 0 Å². The Morgan fingerprint density at radius 1 is 1.27 bits per heavy atom. The Hall–Kier alpha value is -0.910. The van der Waals surface area contributed by atoms with Gasteiger partial charge in [0.2, 0.25) is 0 Å². The lowest BCUT2D eigenvalue weighted by Crippen LogP contribution is -2.42. The van der Waals surface area contributed by atoms with Crippen molar-refractivity contribution in [1.82, 2.24) is 14.7 Å². The molecular formula is C17H29N3O2. The topological polar surface area (TPSA) is 50.5 Å². The standard InChI is InChI=1S/C17H29N3O2/c1-22-10-9-20-13-14(11-18-20)12-19-8-4-6-16(19)15-5-2-3-7-17(15)21/h11,13,15-17,21H,2-10,12H2,1H3. The molecular weight excluding hydrogens is 278 g/mol. The number of aliphatic hydroxyl groups excluding tert-OH is 1. The summed E-state index contributed by atoms with van der Waals surface area (Å²) >= 11 is 0. The van der Waals surface area contributed by atoms with Gasteiger partial charge in [0, 0.05) is 37.4 Å². The Morgan fingerprint density at radius 3 is 2.95 bits per heavy atom. The molecule has 1 aliphatic heterocycles. The molecule has 5 nitrogen and oxygen atoms in total. The fourth-order valence-corrected chi connectivity index (χ4v) is 4.15. The maximum atomic E-state index is 10.4. The highest BCUT2D eigenvalue weighted by Crippen LogP contribution is 2.35. The molecule has 0 radical (unpaired) electrons.